The van der Waals surface area contributed by atoms with Gasteiger partial charge in [-0.2, -0.15) is 10.2 Å². The molecule has 0 spiro atoms. The maximum absolute atomic E-state index is 8.65. The predicted molar refractivity (Wildman–Crippen MR) is 109 cm³/mol. The molecular weight excluding hydrogens is 296 g/mol. The number of nitrogens with one attached hydrogen (secondary N) is 2. The van der Waals surface area contributed by atoms with Crippen molar-refractivity contribution in [3.05, 3.63) is 22.8 Å². The normalized spacial score (nSPS) is 15.4. The number of rotatable bonds is 10. The molecule has 136 valence electrons. The summed E-state index contributed by atoms with van der Waals surface area (Å²) >= 11 is 0. The van der Waals surface area contributed by atoms with Crippen LogP contribution in [0.25, 0.3) is 0 Å². The monoisotopic (exact) mass is 332 g/mol. The number of hydrogen-bond donors (Lipinski definition) is 2. The van der Waals surface area contributed by atoms with E-state index in [1.807, 2.05) is 7.05 Å². The van der Waals surface area contributed by atoms with Crippen molar-refractivity contribution >= 4 is 18.6 Å². The van der Waals surface area contributed by atoms with Crippen LogP contribution in [0.3, 0.4) is 0 Å². The van der Waals surface area contributed by atoms with Gasteiger partial charge in [0, 0.05) is 18.3 Å². The van der Waals surface area contributed by atoms with E-state index in [1.165, 1.54) is 5.57 Å². The first-order valence-electron chi connectivity index (χ1n) is 8.82. The van der Waals surface area contributed by atoms with Gasteiger partial charge < -0.3 is 10.7 Å². The predicted octanol–water partition coefficient (Wildman–Crippen LogP) is 5.03. The minimum atomic E-state index is -0.124. The Kier molecular flexibility index (Phi) is 10.4. The minimum absolute atomic E-state index is 0.124. The van der Waals surface area contributed by atoms with Gasteiger partial charge in [-0.25, -0.2) is 0 Å². The molecule has 0 aliphatic carbocycles. The highest BCUT2D eigenvalue weighted by atomic mass is 15.2. The van der Waals surface area contributed by atoms with E-state index in [0.29, 0.717) is 5.71 Å². The molecule has 0 aromatic carbocycles. The fraction of sp³-hybridized carbons (Fsp3) is 0.650. The highest BCUT2D eigenvalue weighted by Crippen LogP contribution is 2.33. The third kappa shape index (κ3) is 7.82. The zero-order chi connectivity index (χ0) is 18.8. The molecule has 0 rings (SSSR count). The smallest absolute Gasteiger partial charge is 0.0536 e. The van der Waals surface area contributed by atoms with E-state index in [-0.39, 0.29) is 11.3 Å². The van der Waals surface area contributed by atoms with Crippen LogP contribution < -0.4 is 5.32 Å². The maximum Gasteiger partial charge on any atom is 0.0536 e. The van der Waals surface area contributed by atoms with Crippen LogP contribution in [0.2, 0.25) is 0 Å². The SMILES string of the molecule is C=N/N=C\C(=C(\C(=N)CCCNC)C(C)(C)C)C(C)/C=C(/C)CC. The van der Waals surface area contributed by atoms with Crippen molar-refractivity contribution in [2.45, 2.75) is 60.8 Å². The van der Waals surface area contributed by atoms with Gasteiger partial charge in [-0.3, -0.25) is 0 Å². The summed E-state index contributed by atoms with van der Waals surface area (Å²) in [7, 11) is 1.94. The van der Waals surface area contributed by atoms with Gasteiger partial charge in [-0.1, -0.05) is 46.3 Å². The first-order chi connectivity index (χ1) is 11.2. The summed E-state index contributed by atoms with van der Waals surface area (Å²) in [6.45, 7) is 17.3. The molecule has 2 N–H and O–H groups in total. The lowest BCUT2D eigenvalue weighted by Crippen LogP contribution is -2.23. The van der Waals surface area contributed by atoms with E-state index in [2.05, 4.69) is 69.9 Å². The van der Waals surface area contributed by atoms with Crippen LogP contribution in [-0.4, -0.2) is 32.2 Å². The Bertz CT molecular complexity index is 504. The quantitative estimate of drug-likeness (QED) is 0.251. The summed E-state index contributed by atoms with van der Waals surface area (Å²) in [5.41, 5.74) is 4.05. The maximum atomic E-state index is 8.65. The van der Waals surface area contributed by atoms with Crippen molar-refractivity contribution in [1.29, 1.82) is 5.41 Å². The average Bonchev–Trinajstić information content (AvgIpc) is 2.49. The molecule has 4 nitrogen and oxygen atoms in total. The highest BCUT2D eigenvalue weighted by molar-refractivity contribution is 6.04. The standard InChI is InChI=1S/C20H36N4/c1-9-15(2)13-16(3)17(14-24-23-8)19(20(4,5)6)18(21)11-10-12-22-7/h13-14,16,21-22H,8-12H2,1-7H3/b15-13-,19-17+,21-18?,24-14-. The Balaban J connectivity index is 6.02. The molecule has 0 aliphatic heterocycles. The first kappa shape index (κ1) is 22.4. The summed E-state index contributed by atoms with van der Waals surface area (Å²) in [4.78, 5) is 0. The molecule has 0 radical (unpaired) electrons. The van der Waals surface area contributed by atoms with Crippen molar-refractivity contribution in [2.75, 3.05) is 13.6 Å². The Morgan fingerprint density at radius 1 is 1.33 bits per heavy atom. The van der Waals surface area contributed by atoms with Crippen molar-refractivity contribution in [1.82, 2.24) is 5.32 Å². The van der Waals surface area contributed by atoms with Gasteiger partial charge in [0.25, 0.3) is 0 Å². The number of nitrogens with zero attached hydrogens (tertiary/aromatic N) is 2. The molecule has 0 aromatic heterocycles. The summed E-state index contributed by atoms with van der Waals surface area (Å²) in [5, 5.41) is 19.5. The lowest BCUT2D eigenvalue weighted by Gasteiger charge is -2.28. The van der Waals surface area contributed by atoms with Crippen LogP contribution >= 0.6 is 0 Å². The van der Waals surface area contributed by atoms with Gasteiger partial charge >= 0.3 is 0 Å². The van der Waals surface area contributed by atoms with Gasteiger partial charge in [-0.05, 0) is 56.3 Å². The van der Waals surface area contributed by atoms with Gasteiger partial charge in [0.1, 0.15) is 0 Å². The molecule has 0 aliphatic rings. The van der Waals surface area contributed by atoms with Gasteiger partial charge in [0.15, 0.2) is 0 Å². The number of allylic oxidation sites excluding steroid dienone is 4. The number of hydrogen-bond acceptors (Lipinski definition) is 4. The molecule has 0 saturated heterocycles. The van der Waals surface area contributed by atoms with Crippen molar-refractivity contribution in [2.24, 2.45) is 21.5 Å². The second-order valence-electron chi connectivity index (χ2n) is 7.31. The summed E-state index contributed by atoms with van der Waals surface area (Å²) in [6.07, 6.45) is 6.78. The van der Waals surface area contributed by atoms with E-state index in [4.69, 9.17) is 5.41 Å². The molecule has 24 heavy (non-hydrogen) atoms. The van der Waals surface area contributed by atoms with Gasteiger partial charge in [0.2, 0.25) is 0 Å². The van der Waals surface area contributed by atoms with Gasteiger partial charge in [-0.15, -0.1) is 0 Å². The Hall–Kier alpha value is -1.55. The summed E-state index contributed by atoms with van der Waals surface area (Å²) in [5.74, 6) is 0.189. The topological polar surface area (TPSA) is 60.6 Å². The lowest BCUT2D eigenvalue weighted by atomic mass is 9.76. The van der Waals surface area contributed by atoms with Crippen LogP contribution in [0, 0.1) is 16.7 Å². The van der Waals surface area contributed by atoms with Crippen LogP contribution in [0.15, 0.2) is 33.0 Å². The second kappa shape index (κ2) is 11.1. The Morgan fingerprint density at radius 2 is 1.96 bits per heavy atom. The van der Waals surface area contributed by atoms with Gasteiger partial charge in [0.05, 0.1) is 6.21 Å². The molecule has 0 bridgehead atoms. The van der Waals surface area contributed by atoms with Crippen molar-refractivity contribution in [3.63, 3.8) is 0 Å². The highest BCUT2D eigenvalue weighted by Gasteiger charge is 2.26. The van der Waals surface area contributed by atoms with E-state index in [9.17, 15) is 0 Å². The molecule has 0 fully saturated rings. The third-order valence-corrected chi connectivity index (χ3v) is 4.06. The first-order valence-corrected chi connectivity index (χ1v) is 8.82. The zero-order valence-corrected chi connectivity index (χ0v) is 16.7. The zero-order valence-electron chi connectivity index (χ0n) is 16.7. The van der Waals surface area contributed by atoms with E-state index in [1.54, 1.807) is 6.21 Å². The van der Waals surface area contributed by atoms with Crippen molar-refractivity contribution in [3.8, 4) is 0 Å². The molecular formula is C20H36N4. The van der Waals surface area contributed by atoms with Crippen LogP contribution in [-0.2, 0) is 0 Å². The minimum Gasteiger partial charge on any atom is -0.320 e. The lowest BCUT2D eigenvalue weighted by molar-refractivity contribution is 0.514. The molecule has 0 amide bonds. The fourth-order valence-corrected chi connectivity index (χ4v) is 2.77. The van der Waals surface area contributed by atoms with E-state index in [0.717, 1.165) is 37.0 Å². The Morgan fingerprint density at radius 3 is 2.42 bits per heavy atom. The van der Waals surface area contributed by atoms with E-state index >= 15 is 0 Å². The molecule has 1 unspecified atom stereocenters. The van der Waals surface area contributed by atoms with E-state index < -0.39 is 0 Å². The second-order valence-corrected chi connectivity index (χ2v) is 7.31. The summed E-state index contributed by atoms with van der Waals surface area (Å²) < 4.78 is 0. The molecule has 0 aromatic rings. The van der Waals surface area contributed by atoms with Crippen LogP contribution in [0.4, 0.5) is 0 Å². The molecule has 1 atom stereocenters. The summed E-state index contributed by atoms with van der Waals surface area (Å²) in [6, 6.07) is 0. The van der Waals surface area contributed by atoms with Crippen LogP contribution in [0.1, 0.15) is 60.8 Å². The average molecular weight is 333 g/mol. The molecule has 0 saturated carbocycles. The third-order valence-electron chi connectivity index (χ3n) is 4.06. The molecule has 4 heteroatoms. The largest absolute Gasteiger partial charge is 0.320 e. The fourth-order valence-electron chi connectivity index (χ4n) is 2.77. The van der Waals surface area contributed by atoms with Crippen molar-refractivity contribution < 1.29 is 0 Å². The van der Waals surface area contributed by atoms with Crippen LogP contribution in [0.5, 0.6) is 0 Å². The molecule has 0 heterocycles. The Labute approximate surface area is 148 Å².